The molecule has 28 heavy (non-hydrogen) atoms. The number of amides is 2. The van der Waals surface area contributed by atoms with Gasteiger partial charge in [-0.3, -0.25) is 9.59 Å². The molecule has 0 bridgehead atoms. The third kappa shape index (κ3) is 4.65. The summed E-state index contributed by atoms with van der Waals surface area (Å²) in [6.45, 7) is 2.13. The van der Waals surface area contributed by atoms with E-state index in [1.54, 1.807) is 30.1 Å². The van der Waals surface area contributed by atoms with Crippen LogP contribution in [0, 0.1) is 0 Å². The Labute approximate surface area is 173 Å². The minimum absolute atomic E-state index is 0.00621. The van der Waals surface area contributed by atoms with Crippen molar-refractivity contribution in [3.63, 3.8) is 0 Å². The molecule has 1 fully saturated rings. The quantitative estimate of drug-likeness (QED) is 0.708. The lowest BCUT2D eigenvalue weighted by Gasteiger charge is -2.35. The molecular formula is C21H23BrN2O4. The van der Waals surface area contributed by atoms with Crippen LogP contribution in [0.3, 0.4) is 0 Å². The Hall–Kier alpha value is -2.54. The monoisotopic (exact) mass is 446 g/mol. The van der Waals surface area contributed by atoms with E-state index >= 15 is 0 Å². The van der Waals surface area contributed by atoms with Crippen LogP contribution in [0.1, 0.15) is 15.9 Å². The number of nitrogens with zero attached hydrogens (tertiary/aromatic N) is 2. The second-order valence-electron chi connectivity index (χ2n) is 6.55. The smallest absolute Gasteiger partial charge is 0.254 e. The Bertz CT molecular complexity index is 863. The molecule has 0 unspecified atom stereocenters. The molecule has 6 nitrogen and oxygen atoms in total. The number of piperazine rings is 1. The number of benzene rings is 2. The summed E-state index contributed by atoms with van der Waals surface area (Å²) in [5.74, 6) is 1.28. The van der Waals surface area contributed by atoms with Crippen molar-refractivity contribution in [3.05, 3.63) is 58.1 Å². The van der Waals surface area contributed by atoms with Gasteiger partial charge in [0.1, 0.15) is 0 Å². The maximum absolute atomic E-state index is 12.7. The van der Waals surface area contributed by atoms with Crippen molar-refractivity contribution >= 4 is 27.7 Å². The maximum atomic E-state index is 12.7. The van der Waals surface area contributed by atoms with Gasteiger partial charge >= 0.3 is 0 Å². The highest BCUT2D eigenvalue weighted by Gasteiger charge is 2.25. The molecule has 1 saturated heterocycles. The van der Waals surface area contributed by atoms with Crippen molar-refractivity contribution in [2.75, 3.05) is 40.4 Å². The number of methoxy groups -OCH3 is 2. The van der Waals surface area contributed by atoms with E-state index in [9.17, 15) is 9.59 Å². The number of hydrogen-bond acceptors (Lipinski definition) is 4. The van der Waals surface area contributed by atoms with E-state index in [1.165, 1.54) is 0 Å². The molecule has 1 aliphatic heterocycles. The molecular weight excluding hydrogens is 424 g/mol. The summed E-state index contributed by atoms with van der Waals surface area (Å²) >= 11 is 3.39. The van der Waals surface area contributed by atoms with Gasteiger partial charge in [-0.1, -0.05) is 28.1 Å². The van der Waals surface area contributed by atoms with Crippen molar-refractivity contribution in [1.82, 2.24) is 9.80 Å². The fraction of sp³-hybridized carbons (Fsp3) is 0.333. The summed E-state index contributed by atoms with van der Waals surface area (Å²) in [7, 11) is 3.16. The van der Waals surface area contributed by atoms with Gasteiger partial charge in [0, 0.05) is 36.2 Å². The first-order valence-electron chi connectivity index (χ1n) is 9.05. The van der Waals surface area contributed by atoms with Crippen molar-refractivity contribution < 1.29 is 19.1 Å². The summed E-state index contributed by atoms with van der Waals surface area (Å²) < 4.78 is 11.4. The molecule has 0 saturated carbocycles. The van der Waals surface area contributed by atoms with Gasteiger partial charge in [0.25, 0.3) is 5.91 Å². The van der Waals surface area contributed by atoms with Crippen molar-refractivity contribution in [1.29, 1.82) is 0 Å². The average molecular weight is 447 g/mol. The number of halogens is 1. The maximum Gasteiger partial charge on any atom is 0.254 e. The minimum atomic E-state index is -0.00621. The topological polar surface area (TPSA) is 59.1 Å². The molecule has 148 valence electrons. The molecule has 0 aromatic heterocycles. The van der Waals surface area contributed by atoms with Crippen LogP contribution in [0.25, 0.3) is 0 Å². The second-order valence-corrected chi connectivity index (χ2v) is 7.47. The zero-order chi connectivity index (χ0) is 20.1. The Morgan fingerprint density at radius 2 is 1.61 bits per heavy atom. The van der Waals surface area contributed by atoms with Crippen LogP contribution in [0.2, 0.25) is 0 Å². The van der Waals surface area contributed by atoms with Crippen LogP contribution in [-0.2, 0) is 11.2 Å². The number of carbonyl (C=O) groups is 2. The highest BCUT2D eigenvalue weighted by atomic mass is 79.9. The molecule has 2 amide bonds. The Kier molecular flexibility index (Phi) is 6.57. The fourth-order valence-electron chi connectivity index (χ4n) is 3.24. The first-order chi connectivity index (χ1) is 13.5. The number of carbonyl (C=O) groups excluding carboxylic acids is 2. The van der Waals surface area contributed by atoms with Gasteiger partial charge in [-0.2, -0.15) is 0 Å². The minimum Gasteiger partial charge on any atom is -0.493 e. The van der Waals surface area contributed by atoms with Gasteiger partial charge in [0.05, 0.1) is 20.6 Å². The van der Waals surface area contributed by atoms with Gasteiger partial charge in [0.15, 0.2) is 11.5 Å². The molecule has 0 aliphatic carbocycles. The lowest BCUT2D eigenvalue weighted by molar-refractivity contribution is -0.131. The summed E-state index contributed by atoms with van der Waals surface area (Å²) in [6.07, 6.45) is 0.292. The molecule has 0 atom stereocenters. The van der Waals surface area contributed by atoms with Crippen LogP contribution in [-0.4, -0.2) is 62.0 Å². The van der Waals surface area contributed by atoms with Crippen molar-refractivity contribution in [2.24, 2.45) is 0 Å². The third-order valence-corrected chi connectivity index (χ3v) is 5.29. The van der Waals surface area contributed by atoms with E-state index in [2.05, 4.69) is 15.9 Å². The number of rotatable bonds is 5. The first-order valence-corrected chi connectivity index (χ1v) is 9.84. The van der Waals surface area contributed by atoms with Gasteiger partial charge < -0.3 is 19.3 Å². The van der Waals surface area contributed by atoms with Crippen LogP contribution in [0.4, 0.5) is 0 Å². The summed E-state index contributed by atoms with van der Waals surface area (Å²) in [6, 6.07) is 12.9. The molecule has 0 radical (unpaired) electrons. The van der Waals surface area contributed by atoms with Crippen LogP contribution < -0.4 is 9.47 Å². The highest BCUT2D eigenvalue weighted by molar-refractivity contribution is 9.10. The molecule has 3 rings (SSSR count). The van der Waals surface area contributed by atoms with Gasteiger partial charge in [0.2, 0.25) is 5.91 Å². The lowest BCUT2D eigenvalue weighted by atomic mass is 10.1. The molecule has 7 heteroatoms. The number of ether oxygens (including phenoxy) is 2. The molecule has 0 spiro atoms. The predicted molar refractivity (Wildman–Crippen MR) is 110 cm³/mol. The first kappa shape index (κ1) is 20.2. The Morgan fingerprint density at radius 1 is 0.929 bits per heavy atom. The van der Waals surface area contributed by atoms with E-state index in [0.29, 0.717) is 49.7 Å². The molecule has 1 heterocycles. The molecule has 2 aromatic rings. The fourth-order valence-corrected chi connectivity index (χ4v) is 3.64. The van der Waals surface area contributed by atoms with Gasteiger partial charge in [-0.15, -0.1) is 0 Å². The average Bonchev–Trinajstić information content (AvgIpc) is 2.73. The summed E-state index contributed by atoms with van der Waals surface area (Å²) in [5.41, 5.74) is 1.52. The lowest BCUT2D eigenvalue weighted by Crippen LogP contribution is -2.51. The summed E-state index contributed by atoms with van der Waals surface area (Å²) in [4.78, 5) is 28.9. The van der Waals surface area contributed by atoms with Crippen molar-refractivity contribution in [2.45, 2.75) is 6.42 Å². The largest absolute Gasteiger partial charge is 0.493 e. The van der Waals surface area contributed by atoms with Gasteiger partial charge in [-0.05, 0) is 35.9 Å². The van der Waals surface area contributed by atoms with E-state index in [-0.39, 0.29) is 11.8 Å². The Morgan fingerprint density at radius 3 is 2.25 bits per heavy atom. The predicted octanol–water partition coefficient (Wildman–Crippen LogP) is 2.99. The third-order valence-electron chi connectivity index (χ3n) is 4.79. The van der Waals surface area contributed by atoms with E-state index in [1.807, 2.05) is 36.4 Å². The van der Waals surface area contributed by atoms with Crippen LogP contribution >= 0.6 is 15.9 Å². The van der Waals surface area contributed by atoms with Crippen LogP contribution in [0.5, 0.6) is 11.5 Å². The second kappa shape index (κ2) is 9.10. The van der Waals surface area contributed by atoms with Gasteiger partial charge in [-0.25, -0.2) is 0 Å². The highest BCUT2D eigenvalue weighted by Crippen LogP contribution is 2.28. The van der Waals surface area contributed by atoms with Crippen molar-refractivity contribution in [3.8, 4) is 11.5 Å². The Balaban J connectivity index is 1.57. The standard InChI is InChI=1S/C21H23BrN2O4/c1-27-18-7-6-15(12-19(18)28-2)13-20(25)23-8-10-24(11-9-23)21(26)16-4-3-5-17(22)14-16/h3-7,12,14H,8-11,13H2,1-2H3. The van der Waals surface area contributed by atoms with E-state index in [4.69, 9.17) is 9.47 Å². The zero-order valence-electron chi connectivity index (χ0n) is 16.0. The van der Waals surface area contributed by atoms with Crippen LogP contribution in [0.15, 0.2) is 46.9 Å². The molecule has 0 N–H and O–H groups in total. The number of hydrogen-bond donors (Lipinski definition) is 0. The SMILES string of the molecule is COc1ccc(CC(=O)N2CCN(C(=O)c3cccc(Br)c3)CC2)cc1OC. The normalized spacial score (nSPS) is 14.0. The molecule has 2 aromatic carbocycles. The molecule has 1 aliphatic rings. The van der Waals surface area contributed by atoms with E-state index < -0.39 is 0 Å². The summed E-state index contributed by atoms with van der Waals surface area (Å²) in [5, 5.41) is 0. The van der Waals surface area contributed by atoms with E-state index in [0.717, 1.165) is 10.0 Å². The zero-order valence-corrected chi connectivity index (χ0v) is 17.6.